The molecule has 0 saturated carbocycles. The molecule has 5 heteroatoms. The monoisotopic (exact) mass is 252 g/mol. The number of anilines is 1. The molecule has 18 heavy (non-hydrogen) atoms. The van der Waals surface area contributed by atoms with Crippen molar-refractivity contribution in [1.82, 2.24) is 10.4 Å². The highest BCUT2D eigenvalue weighted by Crippen LogP contribution is 2.36. The molecule has 0 aliphatic rings. The molecule has 1 unspecified atom stereocenters. The van der Waals surface area contributed by atoms with Gasteiger partial charge in [-0.3, -0.25) is 5.84 Å². The summed E-state index contributed by atoms with van der Waals surface area (Å²) in [5, 5.41) is 0. The fourth-order valence-corrected chi connectivity index (χ4v) is 2.43. The van der Waals surface area contributed by atoms with Crippen LogP contribution in [-0.4, -0.2) is 17.2 Å². The van der Waals surface area contributed by atoms with Gasteiger partial charge < -0.3 is 10.5 Å². The second kappa shape index (κ2) is 6.68. The van der Waals surface area contributed by atoms with Gasteiger partial charge in [-0.25, -0.2) is 10.4 Å². The van der Waals surface area contributed by atoms with E-state index in [9.17, 15) is 0 Å². The van der Waals surface area contributed by atoms with E-state index in [1.807, 2.05) is 19.1 Å². The lowest BCUT2D eigenvalue weighted by Crippen LogP contribution is -2.48. The molecule has 1 aromatic heterocycles. The first-order valence-corrected chi connectivity index (χ1v) is 6.45. The maximum absolute atomic E-state index is 5.96. The van der Waals surface area contributed by atoms with Crippen LogP contribution in [0.5, 0.6) is 0 Å². The predicted octanol–water partition coefficient (Wildman–Crippen LogP) is 1.76. The van der Waals surface area contributed by atoms with Gasteiger partial charge in [0.2, 0.25) is 0 Å². The Labute approximate surface area is 109 Å². The van der Waals surface area contributed by atoms with E-state index in [-0.39, 0.29) is 11.6 Å². The number of hydrogen-bond acceptors (Lipinski definition) is 5. The van der Waals surface area contributed by atoms with Crippen LogP contribution in [0.2, 0.25) is 0 Å². The first kappa shape index (κ1) is 14.9. The minimum Gasteiger partial charge on any atom is -0.383 e. The summed E-state index contributed by atoms with van der Waals surface area (Å²) in [6, 6.07) is 3.63. The molecule has 0 saturated heterocycles. The summed E-state index contributed by atoms with van der Waals surface area (Å²) >= 11 is 0. The Morgan fingerprint density at radius 2 is 2.06 bits per heavy atom. The van der Waals surface area contributed by atoms with Gasteiger partial charge >= 0.3 is 0 Å². The quantitative estimate of drug-likeness (QED) is 0.508. The van der Waals surface area contributed by atoms with Crippen molar-refractivity contribution in [2.75, 3.05) is 12.3 Å². The fraction of sp³-hybridized carbons (Fsp3) is 0.615. The highest BCUT2D eigenvalue weighted by atomic mass is 16.5. The Kier molecular flexibility index (Phi) is 5.53. The number of nitrogens with one attached hydrogen (secondary N) is 1. The Hall–Kier alpha value is -1.17. The van der Waals surface area contributed by atoms with Crippen LogP contribution in [0, 0.1) is 0 Å². The van der Waals surface area contributed by atoms with Crippen molar-refractivity contribution in [1.29, 1.82) is 0 Å². The van der Waals surface area contributed by atoms with Gasteiger partial charge in [0.15, 0.2) is 0 Å². The molecule has 1 aromatic rings. The van der Waals surface area contributed by atoms with Gasteiger partial charge in [-0.15, -0.1) is 0 Å². The summed E-state index contributed by atoms with van der Waals surface area (Å²) in [5.41, 5.74) is 9.30. The van der Waals surface area contributed by atoms with Crippen LogP contribution in [0.25, 0.3) is 0 Å². The van der Waals surface area contributed by atoms with Crippen LogP contribution >= 0.6 is 0 Å². The zero-order chi connectivity index (χ0) is 13.6. The van der Waals surface area contributed by atoms with Crippen molar-refractivity contribution < 1.29 is 4.74 Å². The molecular formula is C13H24N4O. The topological polar surface area (TPSA) is 86.2 Å². The van der Waals surface area contributed by atoms with Gasteiger partial charge in [0.25, 0.3) is 0 Å². The van der Waals surface area contributed by atoms with Crippen LogP contribution < -0.4 is 17.0 Å². The van der Waals surface area contributed by atoms with Gasteiger partial charge in [0.1, 0.15) is 5.82 Å². The van der Waals surface area contributed by atoms with Crippen molar-refractivity contribution in [2.24, 2.45) is 5.84 Å². The average molecular weight is 252 g/mol. The molecule has 0 aliphatic heterocycles. The van der Waals surface area contributed by atoms with Crippen molar-refractivity contribution in [3.05, 3.63) is 23.9 Å². The zero-order valence-corrected chi connectivity index (χ0v) is 11.4. The highest BCUT2D eigenvalue weighted by molar-refractivity contribution is 5.42. The largest absolute Gasteiger partial charge is 0.383 e. The molecule has 1 rings (SSSR count). The average Bonchev–Trinajstić information content (AvgIpc) is 2.40. The molecule has 1 atom stereocenters. The minimum atomic E-state index is -0.360. The first-order valence-electron chi connectivity index (χ1n) is 6.45. The molecule has 0 spiro atoms. The summed E-state index contributed by atoms with van der Waals surface area (Å²) in [4.78, 5) is 4.12. The van der Waals surface area contributed by atoms with E-state index in [1.165, 1.54) is 0 Å². The molecule has 0 fully saturated rings. The second-order valence-corrected chi connectivity index (χ2v) is 4.28. The van der Waals surface area contributed by atoms with Crippen LogP contribution in [-0.2, 0) is 4.74 Å². The smallest absolute Gasteiger partial charge is 0.128 e. The van der Waals surface area contributed by atoms with Crippen LogP contribution in [0.3, 0.4) is 0 Å². The van der Waals surface area contributed by atoms with Crippen LogP contribution in [0.4, 0.5) is 5.82 Å². The lowest BCUT2D eigenvalue weighted by molar-refractivity contribution is -0.0733. The molecule has 0 aliphatic carbocycles. The Bertz CT molecular complexity index is 366. The van der Waals surface area contributed by atoms with E-state index in [1.54, 1.807) is 6.20 Å². The molecule has 5 nitrogen and oxygen atoms in total. The number of nitrogen functional groups attached to an aromatic ring is 1. The minimum absolute atomic E-state index is 0.166. The number of nitrogens with two attached hydrogens (primary N) is 2. The molecule has 0 bridgehead atoms. The summed E-state index contributed by atoms with van der Waals surface area (Å²) in [6.45, 7) is 6.81. The van der Waals surface area contributed by atoms with E-state index >= 15 is 0 Å². The predicted molar refractivity (Wildman–Crippen MR) is 73.7 cm³/mol. The van der Waals surface area contributed by atoms with Crippen molar-refractivity contribution in [2.45, 2.75) is 45.3 Å². The summed E-state index contributed by atoms with van der Waals surface area (Å²) in [7, 11) is 0. The molecule has 0 aromatic carbocycles. The zero-order valence-electron chi connectivity index (χ0n) is 11.4. The van der Waals surface area contributed by atoms with E-state index in [0.29, 0.717) is 12.4 Å². The molecule has 1 heterocycles. The third-order valence-corrected chi connectivity index (χ3v) is 3.50. The van der Waals surface area contributed by atoms with Crippen LogP contribution in [0.1, 0.15) is 45.2 Å². The number of ether oxygens (including phenoxy) is 1. The summed E-state index contributed by atoms with van der Waals surface area (Å²) < 4.78 is 5.96. The summed E-state index contributed by atoms with van der Waals surface area (Å²) in [6.07, 6.45) is 3.37. The first-order chi connectivity index (χ1) is 8.65. The maximum atomic E-state index is 5.96. The number of rotatable bonds is 7. The molecular weight excluding hydrogens is 228 g/mol. The number of aromatic nitrogens is 1. The third-order valence-electron chi connectivity index (χ3n) is 3.50. The maximum Gasteiger partial charge on any atom is 0.128 e. The normalized spacial score (nSPS) is 13.6. The van der Waals surface area contributed by atoms with Gasteiger partial charge in [-0.1, -0.05) is 19.9 Å². The number of nitrogens with zero attached hydrogens (tertiary/aromatic N) is 1. The lowest BCUT2D eigenvalue weighted by Gasteiger charge is -2.39. The molecule has 0 radical (unpaired) electrons. The van der Waals surface area contributed by atoms with Crippen molar-refractivity contribution >= 4 is 5.82 Å². The second-order valence-electron chi connectivity index (χ2n) is 4.28. The Morgan fingerprint density at radius 3 is 2.50 bits per heavy atom. The van der Waals surface area contributed by atoms with E-state index in [0.717, 1.165) is 18.4 Å². The van der Waals surface area contributed by atoms with Gasteiger partial charge in [0.05, 0.1) is 11.6 Å². The van der Waals surface area contributed by atoms with E-state index in [4.69, 9.17) is 16.3 Å². The van der Waals surface area contributed by atoms with E-state index in [2.05, 4.69) is 24.3 Å². The van der Waals surface area contributed by atoms with Gasteiger partial charge in [-0.2, -0.15) is 0 Å². The molecule has 102 valence electrons. The number of hydrogen-bond donors (Lipinski definition) is 3. The third kappa shape index (κ3) is 2.80. The SMILES string of the molecule is CCOC(CC)(CC)C(NN)c1cccnc1N. The number of pyridine rings is 1. The van der Waals surface area contributed by atoms with Crippen LogP contribution in [0.15, 0.2) is 18.3 Å². The van der Waals surface area contributed by atoms with Crippen molar-refractivity contribution in [3.63, 3.8) is 0 Å². The Morgan fingerprint density at radius 1 is 1.39 bits per heavy atom. The van der Waals surface area contributed by atoms with E-state index < -0.39 is 0 Å². The summed E-state index contributed by atoms with van der Waals surface area (Å²) in [5.74, 6) is 6.22. The van der Waals surface area contributed by atoms with Gasteiger partial charge in [0, 0.05) is 18.4 Å². The lowest BCUT2D eigenvalue weighted by atomic mass is 9.84. The Balaban J connectivity index is 3.17. The van der Waals surface area contributed by atoms with Gasteiger partial charge in [-0.05, 0) is 25.8 Å². The highest BCUT2D eigenvalue weighted by Gasteiger charge is 2.38. The molecule has 0 amide bonds. The molecule has 5 N–H and O–H groups in total. The van der Waals surface area contributed by atoms with Crippen molar-refractivity contribution in [3.8, 4) is 0 Å². The standard InChI is InChI=1S/C13H24N4O/c1-4-13(5-2,18-6-3)11(17-15)10-8-7-9-16-12(10)14/h7-9,11,17H,4-6,15H2,1-3H3,(H2,14,16). The number of hydrazine groups is 1. The fourth-order valence-electron chi connectivity index (χ4n) is 2.43.